The Kier molecular flexibility index (Phi) is 8.64. The molecule has 3 rings (SSSR count). The minimum Gasteiger partial charge on any atom is -0.494 e. The molecular formula is C23H27FN4O3S. The summed E-state index contributed by atoms with van der Waals surface area (Å²) in [6, 6.07) is 14.5. The highest BCUT2D eigenvalue weighted by molar-refractivity contribution is 7.99. The van der Waals surface area contributed by atoms with Gasteiger partial charge in [0.2, 0.25) is 5.91 Å². The summed E-state index contributed by atoms with van der Waals surface area (Å²) in [4.78, 5) is 14.5. The third-order valence-corrected chi connectivity index (χ3v) is 5.87. The summed E-state index contributed by atoms with van der Waals surface area (Å²) in [5, 5.41) is 9.29. The molecule has 1 heterocycles. The van der Waals surface area contributed by atoms with Crippen LogP contribution in [-0.4, -0.2) is 58.7 Å². The van der Waals surface area contributed by atoms with Crippen LogP contribution in [-0.2, 0) is 22.6 Å². The van der Waals surface area contributed by atoms with Crippen LogP contribution in [0.25, 0.3) is 11.4 Å². The van der Waals surface area contributed by atoms with E-state index in [9.17, 15) is 9.18 Å². The van der Waals surface area contributed by atoms with Gasteiger partial charge in [0, 0.05) is 25.8 Å². The fourth-order valence-corrected chi connectivity index (χ4v) is 4.07. The lowest BCUT2D eigenvalue weighted by atomic mass is 10.2. The molecule has 0 aliphatic rings. The van der Waals surface area contributed by atoms with Crippen molar-refractivity contribution in [2.75, 3.05) is 33.1 Å². The number of ether oxygens (including phenoxy) is 2. The van der Waals surface area contributed by atoms with Crippen molar-refractivity contribution >= 4 is 17.7 Å². The van der Waals surface area contributed by atoms with Crippen LogP contribution in [0.15, 0.2) is 53.7 Å². The summed E-state index contributed by atoms with van der Waals surface area (Å²) in [5.41, 5.74) is 1.66. The van der Waals surface area contributed by atoms with E-state index in [1.807, 2.05) is 41.8 Å². The molecule has 0 radical (unpaired) electrons. The lowest BCUT2D eigenvalue weighted by Gasteiger charge is -2.21. The molecule has 0 bridgehead atoms. The average Bonchev–Trinajstić information content (AvgIpc) is 3.22. The molecule has 0 aliphatic carbocycles. The summed E-state index contributed by atoms with van der Waals surface area (Å²) >= 11 is 1.33. The van der Waals surface area contributed by atoms with Gasteiger partial charge in [-0.2, -0.15) is 0 Å². The van der Waals surface area contributed by atoms with E-state index in [1.165, 1.54) is 24.9 Å². The highest BCUT2D eigenvalue weighted by Gasteiger charge is 2.18. The highest BCUT2D eigenvalue weighted by Crippen LogP contribution is 2.25. The Bertz CT molecular complexity index is 1030. The van der Waals surface area contributed by atoms with Gasteiger partial charge in [0.1, 0.15) is 0 Å². The molecule has 0 N–H and O–H groups in total. The maximum Gasteiger partial charge on any atom is 0.233 e. The van der Waals surface area contributed by atoms with Crippen molar-refractivity contribution in [2.24, 2.45) is 0 Å². The van der Waals surface area contributed by atoms with Crippen molar-refractivity contribution in [3.8, 4) is 17.1 Å². The van der Waals surface area contributed by atoms with Crippen molar-refractivity contribution in [2.45, 2.75) is 25.2 Å². The lowest BCUT2D eigenvalue weighted by Crippen LogP contribution is -2.31. The number of carbonyl (C=O) groups is 1. The zero-order valence-corrected chi connectivity index (χ0v) is 19.3. The van der Waals surface area contributed by atoms with Gasteiger partial charge >= 0.3 is 0 Å². The predicted molar refractivity (Wildman–Crippen MR) is 122 cm³/mol. The molecular weight excluding hydrogens is 431 g/mol. The van der Waals surface area contributed by atoms with Gasteiger partial charge in [-0.3, -0.25) is 9.36 Å². The van der Waals surface area contributed by atoms with E-state index >= 15 is 0 Å². The Hall–Kier alpha value is -2.91. The summed E-state index contributed by atoms with van der Waals surface area (Å²) in [5.74, 6) is 0.618. The van der Waals surface area contributed by atoms with Crippen LogP contribution in [0.2, 0.25) is 0 Å². The standard InChI is InChI=1S/C23H27FN4O3S/c1-4-27(15-17-10-11-20(31-3)19(24)14-17)21(29)16-32-23-26-25-22(28(23)12-13-30-2)18-8-6-5-7-9-18/h5-11,14H,4,12-13,15-16H2,1-3H3. The number of thioether (sulfide) groups is 1. The quantitative estimate of drug-likeness (QED) is 0.406. The second-order valence-corrected chi connectivity index (χ2v) is 7.92. The maximum absolute atomic E-state index is 14.0. The van der Waals surface area contributed by atoms with Crippen LogP contribution < -0.4 is 4.74 Å². The largest absolute Gasteiger partial charge is 0.494 e. The fourth-order valence-electron chi connectivity index (χ4n) is 3.20. The first-order valence-corrected chi connectivity index (χ1v) is 11.3. The number of nitrogens with zero attached hydrogens (tertiary/aromatic N) is 4. The summed E-state index contributed by atoms with van der Waals surface area (Å²) in [6.45, 7) is 3.81. The molecule has 2 aromatic carbocycles. The maximum atomic E-state index is 14.0. The lowest BCUT2D eigenvalue weighted by molar-refractivity contribution is -0.128. The number of aromatic nitrogens is 3. The summed E-state index contributed by atoms with van der Waals surface area (Å²) in [7, 11) is 3.07. The number of rotatable bonds is 11. The van der Waals surface area contributed by atoms with Crippen molar-refractivity contribution in [1.29, 1.82) is 0 Å². The average molecular weight is 459 g/mol. The van der Waals surface area contributed by atoms with Gasteiger partial charge in [-0.05, 0) is 24.6 Å². The monoisotopic (exact) mass is 458 g/mol. The Balaban J connectivity index is 1.70. The van der Waals surface area contributed by atoms with E-state index in [2.05, 4.69) is 10.2 Å². The molecule has 0 unspecified atom stereocenters. The smallest absolute Gasteiger partial charge is 0.233 e. The molecule has 0 saturated heterocycles. The molecule has 0 fully saturated rings. The summed E-state index contributed by atoms with van der Waals surface area (Å²) in [6.07, 6.45) is 0. The first kappa shape index (κ1) is 23.7. The predicted octanol–water partition coefficient (Wildman–Crippen LogP) is 3.88. The molecule has 170 valence electrons. The Labute approximate surface area is 191 Å². The number of hydrogen-bond acceptors (Lipinski definition) is 6. The second kappa shape index (κ2) is 11.6. The first-order valence-electron chi connectivity index (χ1n) is 10.3. The zero-order chi connectivity index (χ0) is 22.9. The molecule has 0 spiro atoms. The van der Waals surface area contributed by atoms with Gasteiger partial charge in [0.05, 0.1) is 26.0 Å². The van der Waals surface area contributed by atoms with Crippen LogP contribution in [0.3, 0.4) is 0 Å². The molecule has 3 aromatic rings. The highest BCUT2D eigenvalue weighted by atomic mass is 32.2. The molecule has 7 nitrogen and oxygen atoms in total. The summed E-state index contributed by atoms with van der Waals surface area (Å²) < 4.78 is 26.2. The minimum atomic E-state index is -0.442. The van der Waals surface area contributed by atoms with Crippen molar-refractivity contribution in [3.05, 3.63) is 59.9 Å². The number of carbonyl (C=O) groups excluding carboxylic acids is 1. The second-order valence-electron chi connectivity index (χ2n) is 6.98. The molecule has 0 saturated carbocycles. The van der Waals surface area contributed by atoms with E-state index in [4.69, 9.17) is 9.47 Å². The van der Waals surface area contributed by atoms with E-state index < -0.39 is 5.82 Å². The van der Waals surface area contributed by atoms with Gasteiger partial charge in [-0.25, -0.2) is 4.39 Å². The fraction of sp³-hybridized carbons (Fsp3) is 0.348. The first-order chi connectivity index (χ1) is 15.6. The van der Waals surface area contributed by atoms with E-state index in [1.54, 1.807) is 24.1 Å². The van der Waals surface area contributed by atoms with Gasteiger partial charge in [-0.1, -0.05) is 48.2 Å². The van der Waals surface area contributed by atoms with Crippen LogP contribution in [0.1, 0.15) is 12.5 Å². The Morgan fingerprint density at radius 3 is 2.59 bits per heavy atom. The number of methoxy groups -OCH3 is 2. The number of hydrogen-bond donors (Lipinski definition) is 0. The van der Waals surface area contributed by atoms with Crippen LogP contribution >= 0.6 is 11.8 Å². The molecule has 1 amide bonds. The van der Waals surface area contributed by atoms with Gasteiger partial charge in [0.15, 0.2) is 22.5 Å². The van der Waals surface area contributed by atoms with Gasteiger partial charge in [0.25, 0.3) is 0 Å². The van der Waals surface area contributed by atoms with E-state index in [0.29, 0.717) is 37.0 Å². The molecule has 32 heavy (non-hydrogen) atoms. The van der Waals surface area contributed by atoms with E-state index in [-0.39, 0.29) is 17.4 Å². The number of halogens is 1. The normalized spacial score (nSPS) is 10.9. The molecule has 9 heteroatoms. The number of amides is 1. The third-order valence-electron chi connectivity index (χ3n) is 4.92. The molecule has 1 aromatic heterocycles. The van der Waals surface area contributed by atoms with Crippen LogP contribution in [0.5, 0.6) is 5.75 Å². The van der Waals surface area contributed by atoms with Crippen molar-refractivity contribution < 1.29 is 18.7 Å². The van der Waals surface area contributed by atoms with Crippen molar-refractivity contribution in [3.63, 3.8) is 0 Å². The SMILES string of the molecule is CCN(Cc1ccc(OC)c(F)c1)C(=O)CSc1nnc(-c2ccccc2)n1CCOC. The topological polar surface area (TPSA) is 69.5 Å². The van der Waals surface area contributed by atoms with Crippen LogP contribution in [0.4, 0.5) is 4.39 Å². The Morgan fingerprint density at radius 2 is 1.94 bits per heavy atom. The third kappa shape index (κ3) is 5.86. The van der Waals surface area contributed by atoms with Crippen LogP contribution in [0, 0.1) is 5.82 Å². The Morgan fingerprint density at radius 1 is 1.16 bits per heavy atom. The van der Waals surface area contributed by atoms with Gasteiger partial charge in [-0.15, -0.1) is 10.2 Å². The van der Waals surface area contributed by atoms with Crippen molar-refractivity contribution in [1.82, 2.24) is 19.7 Å². The van der Waals surface area contributed by atoms with Gasteiger partial charge < -0.3 is 14.4 Å². The molecule has 0 aliphatic heterocycles. The molecule has 0 atom stereocenters. The zero-order valence-electron chi connectivity index (χ0n) is 18.5. The number of benzene rings is 2. The minimum absolute atomic E-state index is 0.0590. The van der Waals surface area contributed by atoms with E-state index in [0.717, 1.165) is 11.4 Å².